The minimum Gasteiger partial charge on any atom is -0.302 e. The summed E-state index contributed by atoms with van der Waals surface area (Å²) in [5, 5.41) is 0.630. The number of rotatable bonds is 5. The number of carbonyl (C=O) groups is 2. The van der Waals surface area contributed by atoms with Crippen LogP contribution in [-0.4, -0.2) is 23.6 Å². The van der Waals surface area contributed by atoms with E-state index in [0.717, 1.165) is 29.9 Å². The fraction of sp³-hybridized carbons (Fsp3) is 0.429. The third kappa shape index (κ3) is 2.49. The van der Waals surface area contributed by atoms with Crippen molar-refractivity contribution in [3.05, 3.63) is 29.3 Å². The topological polar surface area (TPSA) is 37.4 Å². The SMILES string of the molecule is CCCC(CBr)CN1C(=O)C(=O)c2c(F)ccc(F)c21. The van der Waals surface area contributed by atoms with Gasteiger partial charge in [0.1, 0.15) is 11.6 Å². The van der Waals surface area contributed by atoms with Crippen LogP contribution >= 0.6 is 15.9 Å². The average molecular weight is 346 g/mol. The Kier molecular flexibility index (Phi) is 4.52. The number of halogens is 3. The van der Waals surface area contributed by atoms with Crippen LogP contribution in [0.4, 0.5) is 14.5 Å². The van der Waals surface area contributed by atoms with Gasteiger partial charge < -0.3 is 4.90 Å². The van der Waals surface area contributed by atoms with E-state index < -0.39 is 28.9 Å². The molecule has 0 radical (unpaired) electrons. The van der Waals surface area contributed by atoms with Crippen molar-refractivity contribution in [3.63, 3.8) is 0 Å². The molecule has 108 valence electrons. The molecule has 1 heterocycles. The van der Waals surface area contributed by atoms with Crippen LogP contribution in [0.2, 0.25) is 0 Å². The van der Waals surface area contributed by atoms with Crippen LogP contribution in [0, 0.1) is 17.6 Å². The average Bonchev–Trinajstić information content (AvgIpc) is 2.68. The van der Waals surface area contributed by atoms with Gasteiger partial charge in [0.15, 0.2) is 0 Å². The van der Waals surface area contributed by atoms with Crippen molar-refractivity contribution in [2.45, 2.75) is 19.8 Å². The van der Waals surface area contributed by atoms with E-state index in [-0.39, 0.29) is 18.2 Å². The van der Waals surface area contributed by atoms with Crippen LogP contribution in [0.5, 0.6) is 0 Å². The van der Waals surface area contributed by atoms with E-state index in [0.29, 0.717) is 5.33 Å². The Morgan fingerprint density at radius 3 is 2.50 bits per heavy atom. The summed E-state index contributed by atoms with van der Waals surface area (Å²) in [6.45, 7) is 2.21. The number of Topliss-reactive ketones (excluding diaryl/α,β-unsaturated/α-hetero) is 1. The first-order valence-corrected chi connectivity index (χ1v) is 7.53. The van der Waals surface area contributed by atoms with Crippen molar-refractivity contribution < 1.29 is 18.4 Å². The molecule has 1 aromatic rings. The smallest absolute Gasteiger partial charge is 0.299 e. The third-order valence-corrected chi connectivity index (χ3v) is 4.29. The molecule has 0 bridgehead atoms. The second-order valence-corrected chi connectivity index (χ2v) is 5.45. The normalized spacial score (nSPS) is 15.7. The minimum absolute atomic E-state index is 0.0883. The molecule has 0 fully saturated rings. The van der Waals surface area contributed by atoms with Crippen LogP contribution in [0.25, 0.3) is 0 Å². The summed E-state index contributed by atoms with van der Waals surface area (Å²) in [6.07, 6.45) is 1.74. The van der Waals surface area contributed by atoms with Gasteiger partial charge in [0, 0.05) is 11.9 Å². The molecule has 1 aliphatic rings. The lowest BCUT2D eigenvalue weighted by atomic mass is 10.1. The molecule has 1 aromatic carbocycles. The van der Waals surface area contributed by atoms with Gasteiger partial charge in [0.2, 0.25) is 0 Å². The first kappa shape index (κ1) is 15.1. The molecule has 20 heavy (non-hydrogen) atoms. The lowest BCUT2D eigenvalue weighted by Gasteiger charge is -2.22. The number of alkyl halides is 1. The van der Waals surface area contributed by atoms with Gasteiger partial charge in [-0.3, -0.25) is 9.59 Å². The second kappa shape index (κ2) is 5.99. The number of anilines is 1. The number of ketones is 1. The standard InChI is InChI=1S/C14H14BrF2NO2/c1-2-3-8(6-15)7-18-12-10(17)5-4-9(16)11(12)13(19)14(18)20/h4-5,8H,2-3,6-7H2,1H3. The van der Waals surface area contributed by atoms with Crippen LogP contribution in [-0.2, 0) is 4.79 Å². The van der Waals surface area contributed by atoms with Crippen molar-refractivity contribution in [2.75, 3.05) is 16.8 Å². The highest BCUT2D eigenvalue weighted by molar-refractivity contribution is 9.09. The highest BCUT2D eigenvalue weighted by Crippen LogP contribution is 2.34. The summed E-state index contributed by atoms with van der Waals surface area (Å²) < 4.78 is 27.5. The van der Waals surface area contributed by atoms with E-state index >= 15 is 0 Å². The van der Waals surface area contributed by atoms with Crippen LogP contribution in [0.15, 0.2) is 12.1 Å². The van der Waals surface area contributed by atoms with Gasteiger partial charge in [0.25, 0.3) is 11.7 Å². The summed E-state index contributed by atoms with van der Waals surface area (Å²) in [6, 6.07) is 1.81. The molecule has 1 atom stereocenters. The van der Waals surface area contributed by atoms with Crippen LogP contribution < -0.4 is 4.90 Å². The van der Waals surface area contributed by atoms with Crippen LogP contribution in [0.1, 0.15) is 30.1 Å². The predicted molar refractivity (Wildman–Crippen MR) is 75.2 cm³/mol. The number of nitrogens with zero attached hydrogens (tertiary/aromatic N) is 1. The van der Waals surface area contributed by atoms with E-state index in [4.69, 9.17) is 0 Å². The van der Waals surface area contributed by atoms with Crippen molar-refractivity contribution in [1.29, 1.82) is 0 Å². The summed E-state index contributed by atoms with van der Waals surface area (Å²) in [7, 11) is 0. The van der Waals surface area contributed by atoms with E-state index in [1.54, 1.807) is 0 Å². The van der Waals surface area contributed by atoms with E-state index in [2.05, 4.69) is 15.9 Å². The first-order chi connectivity index (χ1) is 9.51. The summed E-state index contributed by atoms with van der Waals surface area (Å²) in [5.74, 6) is -3.34. The van der Waals surface area contributed by atoms with Gasteiger partial charge in [-0.1, -0.05) is 29.3 Å². The van der Waals surface area contributed by atoms with Gasteiger partial charge in [-0.2, -0.15) is 0 Å². The highest BCUT2D eigenvalue weighted by atomic mass is 79.9. The Morgan fingerprint density at radius 1 is 1.25 bits per heavy atom. The maximum Gasteiger partial charge on any atom is 0.299 e. The second-order valence-electron chi connectivity index (χ2n) is 4.81. The Bertz CT molecular complexity index is 562. The summed E-state index contributed by atoms with van der Waals surface area (Å²) >= 11 is 3.34. The number of hydrogen-bond donors (Lipinski definition) is 0. The molecule has 0 N–H and O–H groups in total. The largest absolute Gasteiger partial charge is 0.302 e. The van der Waals surface area contributed by atoms with E-state index in [1.165, 1.54) is 0 Å². The van der Waals surface area contributed by atoms with Gasteiger partial charge in [-0.05, 0) is 24.5 Å². The van der Waals surface area contributed by atoms with Gasteiger partial charge in [-0.15, -0.1) is 0 Å². The van der Waals surface area contributed by atoms with Crippen molar-refractivity contribution in [3.8, 4) is 0 Å². The third-order valence-electron chi connectivity index (χ3n) is 3.37. The zero-order chi connectivity index (χ0) is 14.9. The zero-order valence-corrected chi connectivity index (χ0v) is 12.5. The van der Waals surface area contributed by atoms with Crippen LogP contribution in [0.3, 0.4) is 0 Å². The van der Waals surface area contributed by atoms with Gasteiger partial charge in [-0.25, -0.2) is 8.78 Å². The van der Waals surface area contributed by atoms with Crippen molar-refractivity contribution >= 4 is 33.3 Å². The molecular weight excluding hydrogens is 332 g/mol. The Morgan fingerprint density at radius 2 is 1.90 bits per heavy atom. The summed E-state index contributed by atoms with van der Waals surface area (Å²) in [4.78, 5) is 24.8. The number of amides is 1. The fourth-order valence-corrected chi connectivity index (χ4v) is 2.94. The van der Waals surface area contributed by atoms with E-state index in [9.17, 15) is 18.4 Å². The monoisotopic (exact) mass is 345 g/mol. The maximum atomic E-state index is 13.9. The number of carbonyl (C=O) groups excluding carboxylic acids is 2. The Balaban J connectivity index is 2.40. The molecule has 3 nitrogen and oxygen atoms in total. The molecule has 6 heteroatoms. The molecule has 0 aromatic heterocycles. The molecule has 0 saturated carbocycles. The molecule has 0 spiro atoms. The predicted octanol–water partition coefficient (Wildman–Crippen LogP) is 3.31. The molecule has 2 rings (SSSR count). The van der Waals surface area contributed by atoms with Crippen molar-refractivity contribution in [2.24, 2.45) is 5.92 Å². The maximum absolute atomic E-state index is 13.9. The minimum atomic E-state index is -0.971. The number of benzene rings is 1. The molecule has 1 aliphatic heterocycles. The quantitative estimate of drug-likeness (QED) is 0.606. The van der Waals surface area contributed by atoms with Gasteiger partial charge >= 0.3 is 0 Å². The zero-order valence-electron chi connectivity index (χ0n) is 11.0. The lowest BCUT2D eigenvalue weighted by molar-refractivity contribution is -0.114. The molecule has 0 saturated heterocycles. The Hall–Kier alpha value is -1.30. The molecule has 1 amide bonds. The molecular formula is C14H14BrF2NO2. The summed E-state index contributed by atoms with van der Waals surface area (Å²) in [5.41, 5.74) is -0.665. The first-order valence-electron chi connectivity index (χ1n) is 6.41. The fourth-order valence-electron chi connectivity index (χ4n) is 2.41. The highest BCUT2D eigenvalue weighted by Gasteiger charge is 2.41. The van der Waals surface area contributed by atoms with Gasteiger partial charge in [0.05, 0.1) is 11.3 Å². The Labute approximate surface area is 124 Å². The number of hydrogen-bond acceptors (Lipinski definition) is 2. The van der Waals surface area contributed by atoms with Crippen molar-refractivity contribution in [1.82, 2.24) is 0 Å². The molecule has 0 aliphatic carbocycles. The lowest BCUT2D eigenvalue weighted by Crippen LogP contribution is -2.35. The molecule has 1 unspecified atom stereocenters. The van der Waals surface area contributed by atoms with E-state index in [1.807, 2.05) is 6.92 Å². The number of fused-ring (bicyclic) bond motifs is 1.